The third-order valence-electron chi connectivity index (χ3n) is 4.04. The van der Waals surface area contributed by atoms with Crippen molar-refractivity contribution in [1.82, 2.24) is 19.9 Å². The number of hydrogen-bond acceptors (Lipinski definition) is 5. The zero-order valence-electron chi connectivity index (χ0n) is 14.7. The van der Waals surface area contributed by atoms with Gasteiger partial charge in [0.25, 0.3) is 5.91 Å². The molecule has 0 aliphatic carbocycles. The molecule has 0 radical (unpaired) electrons. The molecule has 0 aliphatic heterocycles. The van der Waals surface area contributed by atoms with Crippen LogP contribution in [0.25, 0.3) is 0 Å². The quantitative estimate of drug-likeness (QED) is 0.712. The van der Waals surface area contributed by atoms with Gasteiger partial charge in [0.1, 0.15) is 5.82 Å². The van der Waals surface area contributed by atoms with Crippen LogP contribution >= 0.6 is 0 Å². The lowest BCUT2D eigenvalue weighted by molar-refractivity contribution is 0.0796. The summed E-state index contributed by atoms with van der Waals surface area (Å²) in [6.45, 7) is 1.28. The van der Waals surface area contributed by atoms with E-state index in [1.54, 1.807) is 42.8 Å². The molecule has 0 fully saturated rings. The van der Waals surface area contributed by atoms with E-state index in [1.165, 1.54) is 0 Å². The Kier molecular flexibility index (Phi) is 5.88. The molecule has 3 rings (SSSR count). The molecule has 26 heavy (non-hydrogen) atoms. The number of pyridine rings is 3. The number of hydrogen-bond donors (Lipinski definition) is 1. The summed E-state index contributed by atoms with van der Waals surface area (Å²) in [6, 6.07) is 11.4. The Hall–Kier alpha value is -3.28. The Labute approximate surface area is 153 Å². The number of amides is 1. The van der Waals surface area contributed by atoms with Crippen LogP contribution in [0, 0.1) is 0 Å². The van der Waals surface area contributed by atoms with Gasteiger partial charge in [-0.3, -0.25) is 14.8 Å². The lowest BCUT2D eigenvalue weighted by Crippen LogP contribution is -2.29. The van der Waals surface area contributed by atoms with Crippen LogP contribution in [0.1, 0.15) is 21.5 Å². The first-order chi connectivity index (χ1) is 12.7. The Morgan fingerprint density at radius 3 is 2.54 bits per heavy atom. The first kappa shape index (κ1) is 17.5. The van der Waals surface area contributed by atoms with E-state index in [0.717, 1.165) is 23.4 Å². The molecule has 0 aromatic carbocycles. The van der Waals surface area contributed by atoms with Crippen LogP contribution < -0.4 is 5.32 Å². The topological polar surface area (TPSA) is 71.0 Å². The van der Waals surface area contributed by atoms with Crippen molar-refractivity contribution in [2.45, 2.75) is 13.0 Å². The second-order valence-corrected chi connectivity index (χ2v) is 5.98. The van der Waals surface area contributed by atoms with E-state index in [-0.39, 0.29) is 5.91 Å². The molecule has 3 aromatic rings. The molecule has 6 nitrogen and oxygen atoms in total. The van der Waals surface area contributed by atoms with Gasteiger partial charge in [0, 0.05) is 51.1 Å². The Bertz CT molecular complexity index is 822. The fourth-order valence-electron chi connectivity index (χ4n) is 2.49. The van der Waals surface area contributed by atoms with Gasteiger partial charge in [-0.1, -0.05) is 6.07 Å². The van der Waals surface area contributed by atoms with Gasteiger partial charge in [0.2, 0.25) is 0 Å². The lowest BCUT2D eigenvalue weighted by atomic mass is 10.2. The fourth-order valence-corrected chi connectivity index (χ4v) is 2.49. The molecular weight excluding hydrogens is 326 g/mol. The highest BCUT2D eigenvalue weighted by molar-refractivity contribution is 5.93. The van der Waals surface area contributed by atoms with Gasteiger partial charge < -0.3 is 10.2 Å². The molecule has 0 unspecified atom stereocenters. The van der Waals surface area contributed by atoms with Crippen LogP contribution in [0.4, 0.5) is 5.82 Å². The number of anilines is 1. The first-order valence-electron chi connectivity index (χ1n) is 8.45. The fraction of sp³-hybridized carbons (Fsp3) is 0.200. The summed E-state index contributed by atoms with van der Waals surface area (Å²) >= 11 is 0. The third-order valence-corrected chi connectivity index (χ3v) is 4.04. The Morgan fingerprint density at radius 2 is 1.85 bits per heavy atom. The van der Waals surface area contributed by atoms with Crippen molar-refractivity contribution in [2.24, 2.45) is 0 Å². The predicted molar refractivity (Wildman–Crippen MR) is 101 cm³/mol. The molecule has 1 amide bonds. The van der Waals surface area contributed by atoms with Crippen LogP contribution in [-0.4, -0.2) is 39.4 Å². The molecule has 3 heterocycles. The SMILES string of the molecule is CN(CCc1ccncc1)C(=O)c1ccc(NCc2cccnc2)nc1. The highest BCUT2D eigenvalue weighted by atomic mass is 16.2. The first-order valence-corrected chi connectivity index (χ1v) is 8.45. The molecule has 3 aromatic heterocycles. The average Bonchev–Trinajstić information content (AvgIpc) is 2.72. The average molecular weight is 347 g/mol. The maximum absolute atomic E-state index is 12.5. The summed E-state index contributed by atoms with van der Waals surface area (Å²) in [7, 11) is 1.80. The minimum atomic E-state index is -0.0367. The second-order valence-electron chi connectivity index (χ2n) is 5.98. The maximum Gasteiger partial charge on any atom is 0.255 e. The van der Waals surface area contributed by atoms with Crippen molar-refractivity contribution in [3.63, 3.8) is 0 Å². The number of rotatable bonds is 7. The normalized spacial score (nSPS) is 10.3. The van der Waals surface area contributed by atoms with Gasteiger partial charge in [0.15, 0.2) is 0 Å². The summed E-state index contributed by atoms with van der Waals surface area (Å²) in [5.41, 5.74) is 2.81. The summed E-state index contributed by atoms with van der Waals surface area (Å²) in [5.74, 6) is 0.690. The van der Waals surface area contributed by atoms with Crippen LogP contribution in [0.15, 0.2) is 67.4 Å². The van der Waals surface area contributed by atoms with Crippen LogP contribution in [0.2, 0.25) is 0 Å². The van der Waals surface area contributed by atoms with Crippen molar-refractivity contribution < 1.29 is 4.79 Å². The Morgan fingerprint density at radius 1 is 1.00 bits per heavy atom. The van der Waals surface area contributed by atoms with Crippen molar-refractivity contribution >= 4 is 11.7 Å². The standard InChI is InChI=1S/C20H21N5O/c1-25(12-8-16-6-10-21-11-7-16)20(26)18-4-5-19(24-15-18)23-14-17-3-2-9-22-13-17/h2-7,9-11,13,15H,8,12,14H2,1H3,(H,23,24). The predicted octanol–water partition coefficient (Wildman–Crippen LogP) is 2.80. The van der Waals surface area contributed by atoms with Crippen LogP contribution in [0.3, 0.4) is 0 Å². The molecular formula is C20H21N5O. The smallest absolute Gasteiger partial charge is 0.255 e. The van der Waals surface area contributed by atoms with Gasteiger partial charge in [0.05, 0.1) is 5.56 Å². The van der Waals surface area contributed by atoms with Crippen LogP contribution in [-0.2, 0) is 13.0 Å². The van der Waals surface area contributed by atoms with E-state index < -0.39 is 0 Å². The molecule has 0 spiro atoms. The van der Waals surface area contributed by atoms with E-state index in [0.29, 0.717) is 18.7 Å². The monoisotopic (exact) mass is 347 g/mol. The second kappa shape index (κ2) is 8.71. The zero-order valence-corrected chi connectivity index (χ0v) is 14.7. The summed E-state index contributed by atoms with van der Waals surface area (Å²) in [4.78, 5) is 26.6. The number of carbonyl (C=O) groups is 1. The van der Waals surface area contributed by atoms with Gasteiger partial charge >= 0.3 is 0 Å². The molecule has 1 N–H and O–H groups in total. The molecule has 0 aliphatic rings. The van der Waals surface area contributed by atoms with Gasteiger partial charge in [-0.2, -0.15) is 0 Å². The molecule has 0 saturated carbocycles. The zero-order chi connectivity index (χ0) is 18.2. The van der Waals surface area contributed by atoms with E-state index >= 15 is 0 Å². The van der Waals surface area contributed by atoms with Crippen molar-refractivity contribution in [3.8, 4) is 0 Å². The minimum Gasteiger partial charge on any atom is -0.366 e. The summed E-state index contributed by atoms with van der Waals surface area (Å²) < 4.78 is 0. The van der Waals surface area contributed by atoms with E-state index in [9.17, 15) is 4.79 Å². The highest BCUT2D eigenvalue weighted by Gasteiger charge is 2.12. The van der Waals surface area contributed by atoms with E-state index in [1.807, 2.05) is 36.5 Å². The number of nitrogens with zero attached hydrogens (tertiary/aromatic N) is 4. The van der Waals surface area contributed by atoms with Crippen molar-refractivity contribution in [3.05, 3.63) is 84.1 Å². The third kappa shape index (κ3) is 4.86. The van der Waals surface area contributed by atoms with Gasteiger partial charge in [-0.15, -0.1) is 0 Å². The number of aromatic nitrogens is 3. The molecule has 6 heteroatoms. The number of likely N-dealkylation sites (N-methyl/N-ethyl adjacent to an activating group) is 1. The molecule has 0 bridgehead atoms. The highest BCUT2D eigenvalue weighted by Crippen LogP contribution is 2.09. The lowest BCUT2D eigenvalue weighted by Gasteiger charge is -2.17. The maximum atomic E-state index is 12.5. The van der Waals surface area contributed by atoms with Gasteiger partial charge in [-0.25, -0.2) is 4.98 Å². The van der Waals surface area contributed by atoms with Crippen molar-refractivity contribution in [2.75, 3.05) is 18.9 Å². The van der Waals surface area contributed by atoms with Crippen LogP contribution in [0.5, 0.6) is 0 Å². The minimum absolute atomic E-state index is 0.0367. The molecule has 0 atom stereocenters. The number of carbonyl (C=O) groups excluding carboxylic acids is 1. The van der Waals surface area contributed by atoms with E-state index in [2.05, 4.69) is 20.3 Å². The van der Waals surface area contributed by atoms with Crippen molar-refractivity contribution in [1.29, 1.82) is 0 Å². The number of nitrogens with one attached hydrogen (secondary N) is 1. The van der Waals surface area contributed by atoms with Gasteiger partial charge in [-0.05, 0) is 47.9 Å². The Balaban J connectivity index is 1.52. The molecule has 0 saturated heterocycles. The summed E-state index contributed by atoms with van der Waals surface area (Å²) in [5, 5.41) is 3.22. The molecule has 132 valence electrons. The summed E-state index contributed by atoms with van der Waals surface area (Å²) in [6.07, 6.45) is 9.48. The largest absolute Gasteiger partial charge is 0.366 e. The van der Waals surface area contributed by atoms with E-state index in [4.69, 9.17) is 0 Å².